The zero-order valence-electron chi connectivity index (χ0n) is 5.88. The van der Waals surface area contributed by atoms with Crippen LogP contribution < -0.4 is 5.32 Å². The van der Waals surface area contributed by atoms with Crippen LogP contribution in [0.4, 0.5) is 0 Å². The summed E-state index contributed by atoms with van der Waals surface area (Å²) in [5, 5.41) is 2.96. The number of hydrogen-bond donors (Lipinski definition) is 1. The molecule has 1 aliphatic rings. The van der Waals surface area contributed by atoms with Gasteiger partial charge in [-0.3, -0.25) is 0 Å². The lowest BCUT2D eigenvalue weighted by atomic mass is 10.1. The summed E-state index contributed by atoms with van der Waals surface area (Å²) in [6.45, 7) is 3.87. The van der Waals surface area contributed by atoms with Crippen molar-refractivity contribution in [2.24, 2.45) is 5.92 Å². The van der Waals surface area contributed by atoms with Gasteiger partial charge in [0.15, 0.2) is 0 Å². The number of ether oxygens (including phenoxy) is 1. The van der Waals surface area contributed by atoms with Crippen LogP contribution in [-0.2, 0) is 9.53 Å². The van der Waals surface area contributed by atoms with Crippen molar-refractivity contribution in [1.29, 1.82) is 0 Å². The van der Waals surface area contributed by atoms with Gasteiger partial charge in [0, 0.05) is 0 Å². The van der Waals surface area contributed by atoms with E-state index in [1.807, 2.05) is 13.8 Å². The second kappa shape index (κ2) is 2.54. The molecule has 0 bridgehead atoms. The van der Waals surface area contributed by atoms with Crippen molar-refractivity contribution < 1.29 is 9.53 Å². The highest BCUT2D eigenvalue weighted by Crippen LogP contribution is 2.09. The Labute approximate surface area is 64.7 Å². The zero-order chi connectivity index (χ0) is 7.72. The Morgan fingerprint density at radius 1 is 1.70 bits per heavy atom. The van der Waals surface area contributed by atoms with Gasteiger partial charge < -0.3 is 10.1 Å². The van der Waals surface area contributed by atoms with Crippen LogP contribution in [0.5, 0.6) is 0 Å². The van der Waals surface area contributed by atoms with Crippen molar-refractivity contribution in [2.45, 2.75) is 19.9 Å². The number of nitrogens with one attached hydrogen (secondary N) is 1. The molecule has 1 unspecified atom stereocenters. The van der Waals surface area contributed by atoms with Gasteiger partial charge in [0.2, 0.25) is 0 Å². The third-order valence-electron chi connectivity index (χ3n) is 1.39. The molecule has 10 heavy (non-hydrogen) atoms. The van der Waals surface area contributed by atoms with Gasteiger partial charge in [-0.1, -0.05) is 13.8 Å². The molecule has 56 valence electrons. The first-order valence-corrected chi connectivity index (χ1v) is 3.54. The van der Waals surface area contributed by atoms with Crippen LogP contribution in [0.2, 0.25) is 0 Å². The summed E-state index contributed by atoms with van der Waals surface area (Å²) in [6, 6.07) is -0.243. The average molecular weight is 159 g/mol. The summed E-state index contributed by atoms with van der Waals surface area (Å²) in [5.74, 6) is -0.0343. The molecule has 1 atom stereocenters. The fraction of sp³-hybridized carbons (Fsp3) is 0.667. The van der Waals surface area contributed by atoms with Crippen molar-refractivity contribution in [3.05, 3.63) is 0 Å². The van der Waals surface area contributed by atoms with Gasteiger partial charge in [0.25, 0.3) is 5.17 Å². The van der Waals surface area contributed by atoms with E-state index >= 15 is 0 Å². The quantitative estimate of drug-likeness (QED) is 0.445. The standard InChI is InChI=1S/C6H9NO2S/c1-3(2)4-5(8)9-6(10)7-4/h3-4H,1-2H3,(H,7,10). The van der Waals surface area contributed by atoms with E-state index in [1.54, 1.807) is 0 Å². The maximum absolute atomic E-state index is 10.9. The Morgan fingerprint density at radius 3 is 2.50 bits per heavy atom. The van der Waals surface area contributed by atoms with E-state index < -0.39 is 0 Å². The Hall–Kier alpha value is -0.640. The van der Waals surface area contributed by atoms with Gasteiger partial charge in [-0.15, -0.1) is 0 Å². The molecule has 1 rings (SSSR count). The van der Waals surface area contributed by atoms with Gasteiger partial charge in [0.05, 0.1) is 0 Å². The molecule has 1 aliphatic heterocycles. The lowest BCUT2D eigenvalue weighted by molar-refractivity contribution is -0.135. The molecule has 0 saturated carbocycles. The fourth-order valence-electron chi connectivity index (χ4n) is 0.809. The van der Waals surface area contributed by atoms with Crippen molar-refractivity contribution in [3.8, 4) is 0 Å². The first-order valence-electron chi connectivity index (χ1n) is 3.13. The van der Waals surface area contributed by atoms with Crippen molar-refractivity contribution >= 4 is 23.4 Å². The number of thiocarbonyl (C=S) groups is 1. The van der Waals surface area contributed by atoms with Gasteiger partial charge in [-0.25, -0.2) is 4.79 Å². The van der Waals surface area contributed by atoms with Crippen molar-refractivity contribution in [3.63, 3.8) is 0 Å². The number of rotatable bonds is 1. The Bertz CT molecular complexity index is 179. The second-order valence-electron chi connectivity index (χ2n) is 2.57. The molecule has 0 aliphatic carbocycles. The molecule has 1 fully saturated rings. The normalized spacial score (nSPS) is 24.9. The average Bonchev–Trinajstić information content (AvgIpc) is 2.10. The third-order valence-corrected chi connectivity index (χ3v) is 1.59. The number of carbonyl (C=O) groups excluding carboxylic acids is 1. The van der Waals surface area contributed by atoms with E-state index in [1.165, 1.54) is 0 Å². The van der Waals surface area contributed by atoms with Crippen LogP contribution in [0, 0.1) is 5.92 Å². The molecule has 3 nitrogen and oxygen atoms in total. The first kappa shape index (κ1) is 7.47. The molecular formula is C6H9NO2S. The summed E-state index contributed by atoms with van der Waals surface area (Å²) in [6.07, 6.45) is 0. The van der Waals surface area contributed by atoms with E-state index in [2.05, 4.69) is 22.3 Å². The van der Waals surface area contributed by atoms with Gasteiger partial charge >= 0.3 is 5.97 Å². The lowest BCUT2D eigenvalue weighted by Gasteiger charge is -2.08. The summed E-state index contributed by atoms with van der Waals surface area (Å²) in [7, 11) is 0. The lowest BCUT2D eigenvalue weighted by Crippen LogP contribution is -2.33. The summed E-state index contributed by atoms with van der Waals surface area (Å²) >= 11 is 4.64. The molecule has 0 radical (unpaired) electrons. The van der Waals surface area contributed by atoms with Gasteiger partial charge in [-0.05, 0) is 18.1 Å². The maximum atomic E-state index is 10.9. The van der Waals surface area contributed by atoms with E-state index in [-0.39, 0.29) is 23.1 Å². The predicted molar refractivity (Wildman–Crippen MR) is 40.5 cm³/mol. The minimum atomic E-state index is -0.264. The largest absolute Gasteiger partial charge is 0.398 e. The molecular weight excluding hydrogens is 150 g/mol. The number of carbonyl (C=O) groups is 1. The predicted octanol–water partition coefficient (Wildman–Crippen LogP) is 0.442. The minimum absolute atomic E-state index is 0.198. The van der Waals surface area contributed by atoms with Crippen LogP contribution in [0.1, 0.15) is 13.8 Å². The Balaban J connectivity index is 2.63. The van der Waals surface area contributed by atoms with Crippen LogP contribution >= 0.6 is 12.2 Å². The van der Waals surface area contributed by atoms with Gasteiger partial charge in [0.1, 0.15) is 6.04 Å². The highest BCUT2D eigenvalue weighted by molar-refractivity contribution is 7.80. The maximum Gasteiger partial charge on any atom is 0.336 e. The van der Waals surface area contributed by atoms with Crippen LogP contribution in [0.3, 0.4) is 0 Å². The molecule has 0 amide bonds. The summed E-state index contributed by atoms with van der Waals surface area (Å²) < 4.78 is 4.62. The second-order valence-corrected chi connectivity index (χ2v) is 2.95. The molecule has 1 saturated heterocycles. The molecule has 1 heterocycles. The number of esters is 1. The van der Waals surface area contributed by atoms with E-state index in [4.69, 9.17) is 0 Å². The van der Waals surface area contributed by atoms with E-state index in [0.717, 1.165) is 0 Å². The molecule has 4 heteroatoms. The minimum Gasteiger partial charge on any atom is -0.398 e. The van der Waals surface area contributed by atoms with Crippen molar-refractivity contribution in [2.75, 3.05) is 0 Å². The number of hydrogen-bond acceptors (Lipinski definition) is 3. The third kappa shape index (κ3) is 1.26. The molecule has 0 aromatic rings. The van der Waals surface area contributed by atoms with Crippen molar-refractivity contribution in [1.82, 2.24) is 5.32 Å². The van der Waals surface area contributed by atoms with Crippen LogP contribution in [0.15, 0.2) is 0 Å². The van der Waals surface area contributed by atoms with Crippen LogP contribution in [0.25, 0.3) is 0 Å². The Kier molecular flexibility index (Phi) is 1.89. The summed E-state index contributed by atoms with van der Waals surface area (Å²) in [5.41, 5.74) is 0. The highest BCUT2D eigenvalue weighted by atomic mass is 32.1. The first-order chi connectivity index (χ1) is 4.61. The molecule has 1 N–H and O–H groups in total. The molecule has 0 spiro atoms. The molecule has 0 aromatic carbocycles. The molecule has 0 aromatic heterocycles. The summed E-state index contributed by atoms with van der Waals surface area (Å²) in [4.78, 5) is 10.9. The highest BCUT2D eigenvalue weighted by Gasteiger charge is 2.31. The SMILES string of the molecule is CC(C)C1NC(=S)OC1=O. The number of cyclic esters (lactones) is 1. The monoisotopic (exact) mass is 159 g/mol. The van der Waals surface area contributed by atoms with E-state index in [9.17, 15) is 4.79 Å². The fourth-order valence-corrected chi connectivity index (χ4v) is 1.02. The zero-order valence-corrected chi connectivity index (χ0v) is 6.70. The van der Waals surface area contributed by atoms with Crippen LogP contribution in [-0.4, -0.2) is 17.2 Å². The van der Waals surface area contributed by atoms with E-state index in [0.29, 0.717) is 0 Å². The smallest absolute Gasteiger partial charge is 0.336 e. The topological polar surface area (TPSA) is 38.3 Å². The Morgan fingerprint density at radius 2 is 2.30 bits per heavy atom. The van der Waals surface area contributed by atoms with Gasteiger partial charge in [-0.2, -0.15) is 0 Å².